The molecular weight excluding hydrogens is 389 g/mol. The van der Waals surface area contributed by atoms with E-state index in [2.05, 4.69) is 0 Å². The fourth-order valence-corrected chi connectivity index (χ4v) is 4.05. The van der Waals surface area contributed by atoms with Crippen LogP contribution in [0.15, 0.2) is 54.1 Å². The lowest BCUT2D eigenvalue weighted by Gasteiger charge is -2.27. The first-order valence-electron chi connectivity index (χ1n) is 9.80. The molecule has 2 aliphatic rings. The number of aliphatic hydroxyl groups is 1. The highest BCUT2D eigenvalue weighted by atomic mass is 19.1. The Balaban J connectivity index is 1.85. The van der Waals surface area contributed by atoms with Gasteiger partial charge in [-0.2, -0.15) is 0 Å². The van der Waals surface area contributed by atoms with Crippen molar-refractivity contribution in [3.63, 3.8) is 0 Å². The minimum absolute atomic E-state index is 0.0471. The van der Waals surface area contributed by atoms with Crippen molar-refractivity contribution in [3.8, 4) is 5.75 Å². The Morgan fingerprint density at radius 1 is 1.20 bits per heavy atom. The zero-order chi connectivity index (χ0) is 21.3. The minimum atomic E-state index is -0.847. The van der Waals surface area contributed by atoms with Crippen LogP contribution in [-0.4, -0.2) is 48.1 Å². The van der Waals surface area contributed by atoms with Gasteiger partial charge in [-0.3, -0.25) is 9.59 Å². The molecule has 0 saturated carbocycles. The Hall–Kier alpha value is -3.19. The van der Waals surface area contributed by atoms with Gasteiger partial charge in [0.15, 0.2) is 0 Å². The van der Waals surface area contributed by atoms with E-state index in [0.717, 1.165) is 12.8 Å². The number of para-hydroxylation sites is 1. The highest BCUT2D eigenvalue weighted by molar-refractivity contribution is 6.46. The first kappa shape index (κ1) is 20.1. The molecule has 4 rings (SSSR count). The molecular formula is C23H22FNO5. The molecule has 0 aromatic heterocycles. The SMILES string of the molecule is COc1ccccc1/C(O)=C1/C(=O)C(=O)N(CC2CCCO2)C1c1ccc(F)cc1. The molecule has 2 aromatic carbocycles. The Labute approximate surface area is 173 Å². The summed E-state index contributed by atoms with van der Waals surface area (Å²) in [6.45, 7) is 0.826. The second kappa shape index (κ2) is 8.28. The minimum Gasteiger partial charge on any atom is -0.507 e. The van der Waals surface area contributed by atoms with Gasteiger partial charge in [-0.05, 0) is 42.7 Å². The second-order valence-electron chi connectivity index (χ2n) is 7.34. The lowest BCUT2D eigenvalue weighted by Crippen LogP contribution is -2.36. The molecule has 2 heterocycles. The monoisotopic (exact) mass is 411 g/mol. The average Bonchev–Trinajstić information content (AvgIpc) is 3.36. The largest absolute Gasteiger partial charge is 0.507 e. The topological polar surface area (TPSA) is 76.1 Å². The number of halogens is 1. The van der Waals surface area contributed by atoms with E-state index in [1.807, 2.05) is 0 Å². The second-order valence-corrected chi connectivity index (χ2v) is 7.34. The summed E-state index contributed by atoms with van der Waals surface area (Å²) < 4.78 is 24.5. The van der Waals surface area contributed by atoms with Crippen molar-refractivity contribution in [2.24, 2.45) is 0 Å². The Bertz CT molecular complexity index is 995. The molecule has 0 radical (unpaired) electrons. The molecule has 1 amide bonds. The number of ether oxygens (including phenoxy) is 2. The highest BCUT2D eigenvalue weighted by Gasteiger charge is 2.47. The number of nitrogens with zero attached hydrogens (tertiary/aromatic N) is 1. The first-order valence-corrected chi connectivity index (χ1v) is 9.80. The maximum absolute atomic E-state index is 13.5. The van der Waals surface area contributed by atoms with Gasteiger partial charge in [0, 0.05) is 13.2 Å². The van der Waals surface area contributed by atoms with Crippen LogP contribution < -0.4 is 4.74 Å². The van der Waals surface area contributed by atoms with E-state index < -0.39 is 23.5 Å². The molecule has 2 fully saturated rings. The number of hydrogen-bond donors (Lipinski definition) is 1. The maximum Gasteiger partial charge on any atom is 0.295 e. The standard InChI is InChI=1S/C23H22FNO5/c1-29-18-7-3-2-6-17(18)21(26)19-20(14-8-10-15(24)11-9-14)25(23(28)22(19)27)13-16-5-4-12-30-16/h2-3,6-11,16,20,26H,4-5,12-13H2,1H3/b21-19-. The summed E-state index contributed by atoms with van der Waals surface area (Å²) in [7, 11) is 1.46. The van der Waals surface area contributed by atoms with Crippen LogP contribution in [0.1, 0.15) is 30.0 Å². The van der Waals surface area contributed by atoms with Crippen LogP contribution in [0.25, 0.3) is 5.76 Å². The van der Waals surface area contributed by atoms with E-state index in [0.29, 0.717) is 23.5 Å². The van der Waals surface area contributed by atoms with Crippen LogP contribution in [0.5, 0.6) is 5.75 Å². The molecule has 2 aliphatic heterocycles. The number of aliphatic hydroxyl groups excluding tert-OH is 1. The van der Waals surface area contributed by atoms with Gasteiger partial charge in [0.05, 0.1) is 30.4 Å². The predicted molar refractivity (Wildman–Crippen MR) is 107 cm³/mol. The van der Waals surface area contributed by atoms with E-state index in [-0.39, 0.29) is 24.0 Å². The van der Waals surface area contributed by atoms with Crippen LogP contribution in [0.3, 0.4) is 0 Å². The summed E-state index contributed by atoms with van der Waals surface area (Å²) in [6, 6.07) is 11.4. The fourth-order valence-electron chi connectivity index (χ4n) is 4.05. The third-order valence-electron chi connectivity index (χ3n) is 5.51. The average molecular weight is 411 g/mol. The normalized spacial score (nSPS) is 23.2. The van der Waals surface area contributed by atoms with E-state index in [9.17, 15) is 19.1 Å². The summed E-state index contributed by atoms with van der Waals surface area (Å²) in [5, 5.41) is 11.1. The Morgan fingerprint density at radius 2 is 1.93 bits per heavy atom. The summed E-state index contributed by atoms with van der Waals surface area (Å²) in [5.74, 6) is -1.88. The molecule has 2 unspecified atom stereocenters. The molecule has 0 bridgehead atoms. The van der Waals surface area contributed by atoms with Gasteiger partial charge in [-0.15, -0.1) is 0 Å². The van der Waals surface area contributed by atoms with E-state index >= 15 is 0 Å². The van der Waals surface area contributed by atoms with Crippen LogP contribution in [-0.2, 0) is 14.3 Å². The molecule has 0 aliphatic carbocycles. The van der Waals surface area contributed by atoms with E-state index in [1.165, 1.54) is 36.3 Å². The molecule has 1 N–H and O–H groups in total. The third-order valence-corrected chi connectivity index (χ3v) is 5.51. The van der Waals surface area contributed by atoms with Gasteiger partial charge in [-0.25, -0.2) is 4.39 Å². The Kier molecular flexibility index (Phi) is 5.55. The van der Waals surface area contributed by atoms with Gasteiger partial charge in [-0.1, -0.05) is 24.3 Å². The van der Waals surface area contributed by atoms with Gasteiger partial charge in [0.2, 0.25) is 0 Å². The molecule has 2 atom stereocenters. The fraction of sp³-hybridized carbons (Fsp3) is 0.304. The smallest absolute Gasteiger partial charge is 0.295 e. The van der Waals surface area contributed by atoms with Gasteiger partial charge < -0.3 is 19.5 Å². The molecule has 2 aromatic rings. The zero-order valence-electron chi connectivity index (χ0n) is 16.5. The van der Waals surface area contributed by atoms with E-state index in [1.54, 1.807) is 24.3 Å². The molecule has 30 heavy (non-hydrogen) atoms. The number of carbonyl (C=O) groups is 2. The summed E-state index contributed by atoms with van der Waals surface area (Å²) in [6.07, 6.45) is 1.49. The number of benzene rings is 2. The predicted octanol–water partition coefficient (Wildman–Crippen LogP) is 3.44. The first-order chi connectivity index (χ1) is 14.5. The quantitative estimate of drug-likeness (QED) is 0.463. The molecule has 156 valence electrons. The zero-order valence-corrected chi connectivity index (χ0v) is 16.5. The van der Waals surface area contributed by atoms with Gasteiger partial charge in [0.25, 0.3) is 11.7 Å². The molecule has 6 nitrogen and oxygen atoms in total. The maximum atomic E-state index is 13.5. The highest BCUT2D eigenvalue weighted by Crippen LogP contribution is 2.41. The van der Waals surface area contributed by atoms with Crippen molar-refractivity contribution in [3.05, 3.63) is 71.0 Å². The van der Waals surface area contributed by atoms with Gasteiger partial charge in [0.1, 0.15) is 17.3 Å². The summed E-state index contributed by atoms with van der Waals surface area (Å²) >= 11 is 0. The number of hydrogen-bond acceptors (Lipinski definition) is 5. The lowest BCUT2D eigenvalue weighted by atomic mass is 9.95. The van der Waals surface area contributed by atoms with Crippen LogP contribution >= 0.6 is 0 Å². The van der Waals surface area contributed by atoms with E-state index in [4.69, 9.17) is 9.47 Å². The van der Waals surface area contributed by atoms with Crippen LogP contribution in [0.4, 0.5) is 4.39 Å². The number of amides is 1. The number of Topliss-reactive ketones (excluding diaryl/α,β-unsaturated/α-hetero) is 1. The van der Waals surface area contributed by atoms with Crippen molar-refractivity contribution >= 4 is 17.4 Å². The lowest BCUT2D eigenvalue weighted by molar-refractivity contribution is -0.140. The van der Waals surface area contributed by atoms with Crippen molar-refractivity contribution in [2.45, 2.75) is 25.0 Å². The van der Waals surface area contributed by atoms with Crippen molar-refractivity contribution in [2.75, 3.05) is 20.3 Å². The van der Waals surface area contributed by atoms with Crippen molar-refractivity contribution in [1.29, 1.82) is 0 Å². The number of rotatable bonds is 5. The number of likely N-dealkylation sites (tertiary alicyclic amines) is 1. The number of methoxy groups -OCH3 is 1. The number of carbonyl (C=O) groups excluding carboxylic acids is 2. The Morgan fingerprint density at radius 3 is 2.60 bits per heavy atom. The number of ketones is 1. The van der Waals surface area contributed by atoms with Crippen molar-refractivity contribution < 1.29 is 28.6 Å². The molecule has 7 heteroatoms. The van der Waals surface area contributed by atoms with Crippen molar-refractivity contribution in [1.82, 2.24) is 4.90 Å². The molecule has 0 spiro atoms. The summed E-state index contributed by atoms with van der Waals surface area (Å²) in [4.78, 5) is 27.3. The molecule has 2 saturated heterocycles. The van der Waals surface area contributed by atoms with Crippen LogP contribution in [0.2, 0.25) is 0 Å². The van der Waals surface area contributed by atoms with Crippen LogP contribution in [0, 0.1) is 5.82 Å². The third kappa shape index (κ3) is 3.57. The summed E-state index contributed by atoms with van der Waals surface area (Å²) in [5.41, 5.74) is 0.793. The van der Waals surface area contributed by atoms with Gasteiger partial charge >= 0.3 is 0 Å².